The van der Waals surface area contributed by atoms with Gasteiger partial charge in [0.1, 0.15) is 5.65 Å². The fraction of sp³-hybridized carbons (Fsp3) is 0.400. The molecule has 1 fully saturated rings. The molecule has 4 heterocycles. The number of ether oxygens (including phenoxy) is 2. The van der Waals surface area contributed by atoms with E-state index < -0.39 is 12.5 Å². The van der Waals surface area contributed by atoms with E-state index in [4.69, 9.17) is 4.74 Å². The minimum Gasteiger partial charge on any atom is -0.480 e. The van der Waals surface area contributed by atoms with E-state index >= 15 is 0 Å². The van der Waals surface area contributed by atoms with E-state index in [1.165, 1.54) is 7.11 Å². The molecule has 0 aliphatic heterocycles. The lowest BCUT2D eigenvalue weighted by Gasteiger charge is -2.29. The monoisotopic (exact) mass is 447 g/mol. The summed E-state index contributed by atoms with van der Waals surface area (Å²) in [6.45, 7) is 0. The van der Waals surface area contributed by atoms with Gasteiger partial charge in [0.2, 0.25) is 11.8 Å². The third kappa shape index (κ3) is 4.05. The highest BCUT2D eigenvalue weighted by atomic mass is 19.4. The molecule has 0 saturated heterocycles. The number of rotatable bonds is 5. The first-order valence-electron chi connectivity index (χ1n) is 10.1. The summed E-state index contributed by atoms with van der Waals surface area (Å²) in [7, 11) is 1.52. The number of methoxy groups -OCH3 is 1. The molecular weight excluding hydrogens is 427 g/mol. The van der Waals surface area contributed by atoms with Gasteiger partial charge in [-0.05, 0) is 31.7 Å². The number of H-pyrrole nitrogens is 1. The number of anilines is 1. The normalized spacial score (nSPS) is 19.5. The first-order chi connectivity index (χ1) is 15.4. The van der Waals surface area contributed by atoms with Gasteiger partial charge in [0.25, 0.3) is 0 Å². The van der Waals surface area contributed by atoms with Crippen molar-refractivity contribution in [3.8, 4) is 17.1 Å². The standard InChI is InChI=1S/C20H20F3N7O2/c1-31-18-16-13(14-7-9-30-15(27-14)6-8-25-30)10-24-17(16)28-19(29-18)26-11-2-4-12(5-3-11)32-20(21,22)23/h6-12H,2-5H2,1H3,(H2,24,26,28,29). The Morgan fingerprint density at radius 3 is 2.69 bits per heavy atom. The van der Waals surface area contributed by atoms with Gasteiger partial charge < -0.3 is 15.0 Å². The van der Waals surface area contributed by atoms with E-state index in [2.05, 4.69) is 35.1 Å². The van der Waals surface area contributed by atoms with Crippen molar-refractivity contribution in [2.45, 2.75) is 44.2 Å². The van der Waals surface area contributed by atoms with Crippen LogP contribution in [0.2, 0.25) is 0 Å². The Morgan fingerprint density at radius 1 is 1.12 bits per heavy atom. The molecule has 12 heteroatoms. The maximum Gasteiger partial charge on any atom is 0.522 e. The minimum atomic E-state index is -4.60. The first-order valence-corrected chi connectivity index (χ1v) is 10.1. The lowest BCUT2D eigenvalue weighted by Crippen LogP contribution is -2.33. The van der Waals surface area contributed by atoms with E-state index in [1.807, 2.05) is 18.3 Å². The maximum atomic E-state index is 12.4. The van der Waals surface area contributed by atoms with Crippen molar-refractivity contribution in [2.24, 2.45) is 0 Å². The van der Waals surface area contributed by atoms with Crippen LogP contribution in [0.3, 0.4) is 0 Å². The van der Waals surface area contributed by atoms with Crippen LogP contribution < -0.4 is 10.1 Å². The molecule has 5 rings (SSSR count). The predicted octanol–water partition coefficient (Wildman–Crippen LogP) is 3.94. The average molecular weight is 447 g/mol. The topological polar surface area (TPSA) is 102 Å². The highest BCUT2D eigenvalue weighted by Gasteiger charge is 2.35. The smallest absolute Gasteiger partial charge is 0.480 e. The van der Waals surface area contributed by atoms with Crippen molar-refractivity contribution in [1.29, 1.82) is 0 Å². The van der Waals surface area contributed by atoms with Crippen molar-refractivity contribution in [1.82, 2.24) is 29.5 Å². The van der Waals surface area contributed by atoms with Crippen molar-refractivity contribution in [3.63, 3.8) is 0 Å². The molecule has 4 aromatic rings. The van der Waals surface area contributed by atoms with E-state index in [0.29, 0.717) is 54.2 Å². The van der Waals surface area contributed by atoms with Gasteiger partial charge in [0.05, 0.1) is 30.5 Å². The third-order valence-corrected chi connectivity index (χ3v) is 5.53. The van der Waals surface area contributed by atoms with Gasteiger partial charge in [0, 0.05) is 30.1 Å². The maximum absolute atomic E-state index is 12.4. The van der Waals surface area contributed by atoms with Gasteiger partial charge >= 0.3 is 6.36 Å². The summed E-state index contributed by atoms with van der Waals surface area (Å²) in [5, 5.41) is 8.06. The van der Waals surface area contributed by atoms with Crippen molar-refractivity contribution in [2.75, 3.05) is 12.4 Å². The molecule has 0 spiro atoms. The second kappa shape index (κ2) is 7.93. The Morgan fingerprint density at radius 2 is 1.94 bits per heavy atom. The number of hydrogen-bond donors (Lipinski definition) is 2. The van der Waals surface area contributed by atoms with Gasteiger partial charge in [-0.2, -0.15) is 15.1 Å². The van der Waals surface area contributed by atoms with Gasteiger partial charge in [-0.3, -0.25) is 4.74 Å². The number of aromatic nitrogens is 6. The summed E-state index contributed by atoms with van der Waals surface area (Å²) in [4.78, 5) is 16.8. The van der Waals surface area contributed by atoms with Crippen LogP contribution in [-0.4, -0.2) is 55.2 Å². The highest BCUT2D eigenvalue weighted by Crippen LogP contribution is 2.34. The van der Waals surface area contributed by atoms with Crippen LogP contribution in [0.4, 0.5) is 19.1 Å². The molecule has 1 aliphatic rings. The highest BCUT2D eigenvalue weighted by molar-refractivity contribution is 5.97. The molecule has 168 valence electrons. The summed E-state index contributed by atoms with van der Waals surface area (Å²) >= 11 is 0. The molecule has 0 radical (unpaired) electrons. The molecule has 32 heavy (non-hydrogen) atoms. The SMILES string of the molecule is COc1nc(NC2CCC(OC(F)(F)F)CC2)nc2[nH]cc(-c3ccn4nccc4n3)c12. The van der Waals surface area contributed by atoms with E-state index in [9.17, 15) is 13.2 Å². The Balaban J connectivity index is 1.37. The van der Waals surface area contributed by atoms with Crippen LogP contribution >= 0.6 is 0 Å². The molecule has 1 aliphatic carbocycles. The van der Waals surface area contributed by atoms with Crippen LogP contribution in [0.15, 0.2) is 30.7 Å². The van der Waals surface area contributed by atoms with Crippen LogP contribution in [0, 0.1) is 0 Å². The van der Waals surface area contributed by atoms with Crippen molar-refractivity contribution < 1.29 is 22.6 Å². The van der Waals surface area contributed by atoms with Crippen LogP contribution in [0.25, 0.3) is 27.9 Å². The van der Waals surface area contributed by atoms with Crippen molar-refractivity contribution in [3.05, 3.63) is 30.7 Å². The Hall–Kier alpha value is -3.41. The lowest BCUT2D eigenvalue weighted by atomic mass is 9.93. The average Bonchev–Trinajstić information content (AvgIpc) is 3.40. The quantitative estimate of drug-likeness (QED) is 0.478. The molecule has 0 bridgehead atoms. The fourth-order valence-electron chi connectivity index (χ4n) is 4.07. The summed E-state index contributed by atoms with van der Waals surface area (Å²) in [5.74, 6) is 0.722. The van der Waals surface area contributed by atoms with E-state index in [-0.39, 0.29) is 6.04 Å². The van der Waals surface area contributed by atoms with Gasteiger partial charge in [-0.15, -0.1) is 13.2 Å². The van der Waals surface area contributed by atoms with Gasteiger partial charge in [0.15, 0.2) is 5.65 Å². The third-order valence-electron chi connectivity index (χ3n) is 5.53. The Kier molecular flexibility index (Phi) is 5.08. The molecule has 0 aromatic carbocycles. The number of nitrogens with one attached hydrogen (secondary N) is 2. The van der Waals surface area contributed by atoms with E-state index in [1.54, 1.807) is 16.9 Å². The number of alkyl halides is 3. The molecule has 9 nitrogen and oxygen atoms in total. The second-order valence-electron chi connectivity index (χ2n) is 7.61. The summed E-state index contributed by atoms with van der Waals surface area (Å²) in [6, 6.07) is 3.60. The Bertz CT molecular complexity index is 1250. The Labute approximate surface area is 180 Å². The molecule has 0 amide bonds. The number of halogens is 3. The van der Waals surface area contributed by atoms with Crippen LogP contribution in [0.5, 0.6) is 5.88 Å². The predicted molar refractivity (Wildman–Crippen MR) is 109 cm³/mol. The zero-order valence-electron chi connectivity index (χ0n) is 17.1. The largest absolute Gasteiger partial charge is 0.522 e. The number of hydrogen-bond acceptors (Lipinski definition) is 7. The van der Waals surface area contributed by atoms with Crippen LogP contribution in [0.1, 0.15) is 25.7 Å². The number of aromatic amines is 1. The summed E-state index contributed by atoms with van der Waals surface area (Å²) in [5.41, 5.74) is 2.78. The lowest BCUT2D eigenvalue weighted by molar-refractivity contribution is -0.345. The first kappa shape index (κ1) is 20.5. The molecule has 1 saturated carbocycles. The van der Waals surface area contributed by atoms with Crippen LogP contribution in [-0.2, 0) is 4.74 Å². The number of fused-ring (bicyclic) bond motifs is 2. The zero-order valence-corrected chi connectivity index (χ0v) is 17.1. The molecule has 2 N–H and O–H groups in total. The molecule has 4 aromatic heterocycles. The number of nitrogens with zero attached hydrogens (tertiary/aromatic N) is 5. The minimum absolute atomic E-state index is 0.0504. The summed E-state index contributed by atoms with van der Waals surface area (Å²) in [6.07, 6.45) is 1.54. The molecule has 0 atom stereocenters. The van der Waals surface area contributed by atoms with Gasteiger partial charge in [-0.25, -0.2) is 9.50 Å². The molecule has 0 unspecified atom stereocenters. The fourth-order valence-corrected chi connectivity index (χ4v) is 4.07. The second-order valence-corrected chi connectivity index (χ2v) is 7.61. The molecular formula is C20H20F3N7O2. The van der Waals surface area contributed by atoms with Gasteiger partial charge in [-0.1, -0.05) is 0 Å². The zero-order chi connectivity index (χ0) is 22.3. The summed E-state index contributed by atoms with van der Waals surface area (Å²) < 4.78 is 48.6. The van der Waals surface area contributed by atoms with E-state index in [0.717, 1.165) is 11.3 Å². The van der Waals surface area contributed by atoms with Crippen molar-refractivity contribution >= 4 is 22.6 Å².